The summed E-state index contributed by atoms with van der Waals surface area (Å²) in [5, 5.41) is 2.49. The maximum absolute atomic E-state index is 7.35. The molecular weight excluding hydrogens is 643 g/mol. The van der Waals surface area contributed by atoms with Gasteiger partial charge in [0.05, 0.1) is 6.57 Å². The van der Waals surface area contributed by atoms with Gasteiger partial charge in [-0.2, -0.15) is 0 Å². The van der Waals surface area contributed by atoms with Gasteiger partial charge in [0.2, 0.25) is 0 Å². The molecule has 0 bridgehead atoms. The summed E-state index contributed by atoms with van der Waals surface area (Å²) in [5.74, 6) is 1.76. The summed E-state index contributed by atoms with van der Waals surface area (Å²) < 4.78 is 2.51. The minimum Gasteiger partial charge on any atom is -0.264 e. The number of aromatic nitrogens is 4. The molecule has 0 spiro atoms. The Labute approximate surface area is 299 Å². The predicted octanol–water partition coefficient (Wildman–Crippen LogP) is 12.2. The second-order valence-corrected chi connectivity index (χ2v) is 13.2. The van der Waals surface area contributed by atoms with E-state index in [0.29, 0.717) is 23.2 Å². The highest BCUT2D eigenvalue weighted by Crippen LogP contribution is 2.44. The van der Waals surface area contributed by atoms with E-state index in [1.807, 2.05) is 66.1 Å². The molecule has 9 aromatic rings. The lowest BCUT2D eigenvalue weighted by molar-refractivity contribution is 1.07. The highest BCUT2D eigenvalue weighted by molar-refractivity contribution is 7.26. The SMILES string of the molecule is [C-]#[N+]c1ccc(-c2nc(-c3ccccc3)nc(-c3cccc(-c4cccc5c4sc4c(-c6ccc(-c7cccnc7)cc6)cccc45)c3)n2)cc1. The Kier molecular flexibility index (Phi) is 7.66. The number of nitrogens with zero attached hydrogens (tertiary/aromatic N) is 5. The average molecular weight is 670 g/mol. The molecule has 3 aromatic heterocycles. The lowest BCUT2D eigenvalue weighted by Gasteiger charge is -2.10. The molecule has 0 aliphatic rings. The maximum Gasteiger partial charge on any atom is 0.187 e. The Balaban J connectivity index is 1.14. The van der Waals surface area contributed by atoms with Gasteiger partial charge in [0, 0.05) is 49.3 Å². The topological polar surface area (TPSA) is 55.9 Å². The molecule has 0 saturated heterocycles. The summed E-state index contributed by atoms with van der Waals surface area (Å²) in [6, 6.07) is 51.8. The van der Waals surface area contributed by atoms with E-state index in [2.05, 4.69) is 101 Å². The fraction of sp³-hybridized carbons (Fsp3) is 0. The zero-order valence-electron chi connectivity index (χ0n) is 27.2. The number of thiophene rings is 1. The molecule has 3 heterocycles. The van der Waals surface area contributed by atoms with Gasteiger partial charge in [-0.3, -0.25) is 4.98 Å². The van der Waals surface area contributed by atoms with Crippen molar-refractivity contribution in [2.75, 3.05) is 0 Å². The van der Waals surface area contributed by atoms with Crippen LogP contribution in [0.4, 0.5) is 5.69 Å². The van der Waals surface area contributed by atoms with Crippen molar-refractivity contribution in [3.05, 3.63) is 175 Å². The largest absolute Gasteiger partial charge is 0.264 e. The van der Waals surface area contributed by atoms with Crippen LogP contribution in [0.3, 0.4) is 0 Å². The van der Waals surface area contributed by atoms with Crippen LogP contribution in [0.15, 0.2) is 164 Å². The maximum atomic E-state index is 7.35. The molecular formula is C45H27N5S. The molecule has 51 heavy (non-hydrogen) atoms. The van der Waals surface area contributed by atoms with Gasteiger partial charge in [0.25, 0.3) is 0 Å². The summed E-state index contributed by atoms with van der Waals surface area (Å²) in [7, 11) is 0. The van der Waals surface area contributed by atoms with Crippen molar-refractivity contribution in [1.29, 1.82) is 0 Å². The van der Waals surface area contributed by atoms with Gasteiger partial charge in [-0.15, -0.1) is 11.3 Å². The monoisotopic (exact) mass is 669 g/mol. The van der Waals surface area contributed by atoms with Gasteiger partial charge < -0.3 is 0 Å². The molecule has 0 radical (unpaired) electrons. The first kappa shape index (κ1) is 30.3. The van der Waals surface area contributed by atoms with Crippen molar-refractivity contribution in [3.63, 3.8) is 0 Å². The molecule has 0 N–H and O–H groups in total. The first-order valence-corrected chi connectivity index (χ1v) is 17.4. The highest BCUT2D eigenvalue weighted by Gasteiger charge is 2.16. The Morgan fingerprint density at radius 2 is 0.961 bits per heavy atom. The first-order chi connectivity index (χ1) is 25.2. The van der Waals surface area contributed by atoms with Crippen molar-refractivity contribution in [2.45, 2.75) is 0 Å². The average Bonchev–Trinajstić information content (AvgIpc) is 3.61. The van der Waals surface area contributed by atoms with E-state index in [4.69, 9.17) is 21.5 Å². The van der Waals surface area contributed by atoms with E-state index < -0.39 is 0 Å². The first-order valence-electron chi connectivity index (χ1n) is 16.6. The van der Waals surface area contributed by atoms with Gasteiger partial charge in [0.1, 0.15) is 0 Å². The van der Waals surface area contributed by atoms with Gasteiger partial charge in [-0.05, 0) is 45.5 Å². The molecule has 0 aliphatic carbocycles. The third kappa shape index (κ3) is 5.72. The number of hydrogen-bond donors (Lipinski definition) is 0. The minimum atomic E-state index is 0.563. The van der Waals surface area contributed by atoms with Crippen LogP contribution in [0.5, 0.6) is 0 Å². The zero-order chi connectivity index (χ0) is 34.1. The van der Waals surface area contributed by atoms with Gasteiger partial charge in [-0.25, -0.2) is 19.8 Å². The van der Waals surface area contributed by atoms with Crippen LogP contribution >= 0.6 is 11.3 Å². The van der Waals surface area contributed by atoms with E-state index >= 15 is 0 Å². The summed E-state index contributed by atoms with van der Waals surface area (Å²) in [4.78, 5) is 22.6. The number of fused-ring (bicyclic) bond motifs is 3. The van der Waals surface area contributed by atoms with E-state index in [9.17, 15) is 0 Å². The number of hydrogen-bond acceptors (Lipinski definition) is 5. The fourth-order valence-electron chi connectivity index (χ4n) is 6.51. The van der Waals surface area contributed by atoms with Crippen LogP contribution < -0.4 is 0 Å². The molecule has 5 nitrogen and oxygen atoms in total. The minimum absolute atomic E-state index is 0.563. The van der Waals surface area contributed by atoms with Gasteiger partial charge in [0.15, 0.2) is 23.2 Å². The van der Waals surface area contributed by atoms with Gasteiger partial charge >= 0.3 is 0 Å². The Morgan fingerprint density at radius 3 is 1.61 bits per heavy atom. The summed E-state index contributed by atoms with van der Waals surface area (Å²) in [6.45, 7) is 7.35. The Hall–Kier alpha value is -6.81. The molecule has 0 fully saturated rings. The van der Waals surface area contributed by atoms with Crippen LogP contribution in [0.2, 0.25) is 0 Å². The number of pyridine rings is 1. The number of rotatable bonds is 6. The molecule has 6 aromatic carbocycles. The van der Waals surface area contributed by atoms with Crippen molar-refractivity contribution in [2.24, 2.45) is 0 Å². The highest BCUT2D eigenvalue weighted by atomic mass is 32.1. The van der Waals surface area contributed by atoms with Crippen molar-refractivity contribution in [3.8, 4) is 67.5 Å². The lowest BCUT2D eigenvalue weighted by Crippen LogP contribution is -2.00. The second kappa shape index (κ2) is 12.9. The van der Waals surface area contributed by atoms with E-state index in [0.717, 1.165) is 33.4 Å². The molecule has 6 heteroatoms. The standard InChI is InChI=1S/C45H27N5S/c1-46-36-24-22-32(23-25-36)44-48-43(31-9-3-2-4-10-31)49-45(50-44)34-12-5-11-33(27-34)38-15-7-17-40-39-16-6-14-37(41(39)51-42(38)40)30-20-18-29(19-21-30)35-13-8-26-47-28-35/h2-28H. The Morgan fingerprint density at radius 1 is 0.431 bits per heavy atom. The van der Waals surface area contributed by atoms with Crippen LogP contribution in [0.1, 0.15) is 0 Å². The molecule has 9 rings (SSSR count). The Bertz CT molecular complexity index is 2730. The molecule has 0 amide bonds. The van der Waals surface area contributed by atoms with Crippen molar-refractivity contribution >= 4 is 37.2 Å². The van der Waals surface area contributed by atoms with Crippen LogP contribution in [0.25, 0.3) is 92.6 Å². The van der Waals surface area contributed by atoms with Crippen molar-refractivity contribution in [1.82, 2.24) is 19.9 Å². The summed E-state index contributed by atoms with van der Waals surface area (Å²) >= 11 is 1.84. The second-order valence-electron chi connectivity index (χ2n) is 12.2. The van der Waals surface area contributed by atoms with Crippen molar-refractivity contribution < 1.29 is 0 Å². The summed E-state index contributed by atoms with van der Waals surface area (Å²) in [5.41, 5.74) is 10.1. The third-order valence-corrected chi connectivity index (χ3v) is 10.4. The smallest absolute Gasteiger partial charge is 0.187 e. The molecule has 0 aliphatic heterocycles. The normalized spacial score (nSPS) is 11.1. The summed E-state index contributed by atoms with van der Waals surface area (Å²) in [6.07, 6.45) is 3.70. The lowest BCUT2D eigenvalue weighted by atomic mass is 9.98. The predicted molar refractivity (Wildman–Crippen MR) is 209 cm³/mol. The van der Waals surface area contributed by atoms with E-state index in [1.165, 1.54) is 36.9 Å². The number of benzene rings is 6. The molecule has 0 saturated carbocycles. The fourth-order valence-corrected chi connectivity index (χ4v) is 7.88. The van der Waals surface area contributed by atoms with Crippen LogP contribution in [0, 0.1) is 6.57 Å². The molecule has 0 unspecified atom stereocenters. The zero-order valence-corrected chi connectivity index (χ0v) is 28.0. The van der Waals surface area contributed by atoms with Gasteiger partial charge in [-0.1, -0.05) is 140 Å². The van der Waals surface area contributed by atoms with E-state index in [-0.39, 0.29) is 0 Å². The van der Waals surface area contributed by atoms with E-state index in [1.54, 1.807) is 18.3 Å². The molecule has 238 valence electrons. The third-order valence-electron chi connectivity index (χ3n) is 9.07. The van der Waals surface area contributed by atoms with Crippen LogP contribution in [-0.4, -0.2) is 19.9 Å². The quantitative estimate of drug-likeness (QED) is 0.165. The molecule has 0 atom stereocenters. The van der Waals surface area contributed by atoms with Crippen LogP contribution in [-0.2, 0) is 0 Å².